The molecule has 0 saturated carbocycles. The summed E-state index contributed by atoms with van der Waals surface area (Å²) in [4.78, 5) is 12.9. The maximum Gasteiger partial charge on any atom is 0.243 e. The predicted octanol–water partition coefficient (Wildman–Crippen LogP) is 3.35. The van der Waals surface area contributed by atoms with Gasteiger partial charge in [-0.15, -0.1) is 0 Å². The summed E-state index contributed by atoms with van der Waals surface area (Å²) in [6, 6.07) is 12.4. The molecule has 2 aromatic rings. The molecular weight excluding hydrogens is 376 g/mol. The second-order valence-electron chi connectivity index (χ2n) is 7.19. The van der Waals surface area contributed by atoms with Crippen molar-refractivity contribution in [1.82, 2.24) is 4.31 Å². The van der Waals surface area contributed by atoms with Crippen LogP contribution in [0.5, 0.6) is 5.75 Å². The lowest BCUT2D eigenvalue weighted by Gasteiger charge is -2.31. The van der Waals surface area contributed by atoms with Crippen molar-refractivity contribution in [3.8, 4) is 5.75 Å². The standard InChI is InChI=1S/C21H26N2O4S/c1-15-6-4-8-18(12-15)22-21(24)17-7-5-11-23(14-17)28(25,26)19-9-10-20(27-3)16(2)13-19/h4,6,8-10,12-13,17H,5,7,11,14H2,1-3H3,(H,22,24)/t17-/m1/s1. The fourth-order valence-corrected chi connectivity index (χ4v) is 5.11. The minimum atomic E-state index is -3.66. The van der Waals surface area contributed by atoms with Gasteiger partial charge >= 0.3 is 0 Å². The molecule has 0 spiro atoms. The Morgan fingerprint density at radius 1 is 1.18 bits per heavy atom. The van der Waals surface area contributed by atoms with Gasteiger partial charge < -0.3 is 10.1 Å². The van der Waals surface area contributed by atoms with E-state index >= 15 is 0 Å². The van der Waals surface area contributed by atoms with Gasteiger partial charge in [0.2, 0.25) is 15.9 Å². The molecule has 1 fully saturated rings. The van der Waals surface area contributed by atoms with Crippen molar-refractivity contribution in [2.24, 2.45) is 5.92 Å². The number of hydrogen-bond acceptors (Lipinski definition) is 4. The number of amides is 1. The van der Waals surface area contributed by atoms with Crippen molar-refractivity contribution in [3.05, 3.63) is 53.6 Å². The smallest absolute Gasteiger partial charge is 0.243 e. The molecule has 7 heteroatoms. The number of carbonyl (C=O) groups is 1. The fourth-order valence-electron chi connectivity index (χ4n) is 3.50. The summed E-state index contributed by atoms with van der Waals surface area (Å²) < 4.78 is 32.8. The number of carbonyl (C=O) groups excluding carboxylic acids is 1. The van der Waals surface area contributed by atoms with Crippen LogP contribution in [0, 0.1) is 19.8 Å². The van der Waals surface area contributed by atoms with Crippen molar-refractivity contribution < 1.29 is 17.9 Å². The van der Waals surface area contributed by atoms with Crippen LogP contribution in [0.25, 0.3) is 0 Å². The Kier molecular flexibility index (Phi) is 6.05. The number of anilines is 1. The molecule has 1 N–H and O–H groups in total. The van der Waals surface area contributed by atoms with E-state index < -0.39 is 10.0 Å². The normalized spacial score (nSPS) is 17.9. The Hall–Kier alpha value is -2.38. The first-order valence-corrected chi connectivity index (χ1v) is 10.8. The van der Waals surface area contributed by atoms with E-state index in [4.69, 9.17) is 4.74 Å². The van der Waals surface area contributed by atoms with Crippen LogP contribution in [0.3, 0.4) is 0 Å². The lowest BCUT2D eigenvalue weighted by Crippen LogP contribution is -2.43. The highest BCUT2D eigenvalue weighted by Crippen LogP contribution is 2.27. The topological polar surface area (TPSA) is 75.7 Å². The van der Waals surface area contributed by atoms with Gasteiger partial charge in [-0.05, 0) is 68.1 Å². The third-order valence-corrected chi connectivity index (χ3v) is 6.91. The van der Waals surface area contributed by atoms with Crippen molar-refractivity contribution in [3.63, 3.8) is 0 Å². The van der Waals surface area contributed by atoms with E-state index in [1.54, 1.807) is 25.3 Å². The molecule has 1 saturated heterocycles. The molecule has 0 radical (unpaired) electrons. The molecule has 6 nitrogen and oxygen atoms in total. The van der Waals surface area contributed by atoms with E-state index in [1.807, 2.05) is 38.1 Å². The molecule has 1 amide bonds. The highest BCUT2D eigenvalue weighted by molar-refractivity contribution is 7.89. The van der Waals surface area contributed by atoms with Crippen LogP contribution in [0.15, 0.2) is 47.4 Å². The highest BCUT2D eigenvalue weighted by atomic mass is 32.2. The van der Waals surface area contributed by atoms with Gasteiger partial charge in [0.25, 0.3) is 0 Å². The number of aryl methyl sites for hydroxylation is 2. The van der Waals surface area contributed by atoms with Crippen LogP contribution in [-0.4, -0.2) is 38.8 Å². The molecule has 3 rings (SSSR count). The van der Waals surface area contributed by atoms with E-state index in [2.05, 4.69) is 5.32 Å². The number of ether oxygens (including phenoxy) is 1. The fraction of sp³-hybridized carbons (Fsp3) is 0.381. The van der Waals surface area contributed by atoms with E-state index in [-0.39, 0.29) is 23.3 Å². The minimum Gasteiger partial charge on any atom is -0.496 e. The van der Waals surface area contributed by atoms with E-state index in [0.29, 0.717) is 25.1 Å². The molecule has 1 aliphatic rings. The molecule has 28 heavy (non-hydrogen) atoms. The molecule has 1 aliphatic heterocycles. The Bertz CT molecular complexity index is 972. The Labute approximate surface area is 166 Å². The van der Waals surface area contributed by atoms with Crippen LogP contribution in [0.4, 0.5) is 5.69 Å². The van der Waals surface area contributed by atoms with Crippen molar-refractivity contribution in [2.75, 3.05) is 25.5 Å². The van der Waals surface area contributed by atoms with Gasteiger partial charge in [0, 0.05) is 18.8 Å². The van der Waals surface area contributed by atoms with Gasteiger partial charge in [0.05, 0.1) is 17.9 Å². The van der Waals surface area contributed by atoms with Crippen molar-refractivity contribution in [1.29, 1.82) is 0 Å². The van der Waals surface area contributed by atoms with E-state index in [9.17, 15) is 13.2 Å². The Morgan fingerprint density at radius 3 is 2.64 bits per heavy atom. The third kappa shape index (κ3) is 4.36. The number of hydrogen-bond donors (Lipinski definition) is 1. The quantitative estimate of drug-likeness (QED) is 0.832. The molecule has 1 heterocycles. The summed E-state index contributed by atoms with van der Waals surface area (Å²) in [5.41, 5.74) is 2.55. The molecule has 2 aromatic carbocycles. The Balaban J connectivity index is 1.74. The van der Waals surface area contributed by atoms with Gasteiger partial charge in [-0.3, -0.25) is 4.79 Å². The summed E-state index contributed by atoms with van der Waals surface area (Å²) in [7, 11) is -2.10. The zero-order chi connectivity index (χ0) is 20.3. The molecule has 1 atom stereocenters. The van der Waals surface area contributed by atoms with Gasteiger partial charge in [0.1, 0.15) is 5.75 Å². The number of nitrogens with zero attached hydrogens (tertiary/aromatic N) is 1. The van der Waals surface area contributed by atoms with Gasteiger partial charge in [-0.1, -0.05) is 12.1 Å². The first kappa shape index (κ1) is 20.4. The highest BCUT2D eigenvalue weighted by Gasteiger charge is 2.33. The summed E-state index contributed by atoms with van der Waals surface area (Å²) >= 11 is 0. The monoisotopic (exact) mass is 402 g/mol. The number of methoxy groups -OCH3 is 1. The van der Waals surface area contributed by atoms with Crippen LogP contribution >= 0.6 is 0 Å². The first-order chi connectivity index (χ1) is 13.3. The molecule has 0 bridgehead atoms. The molecule has 0 aliphatic carbocycles. The van der Waals surface area contributed by atoms with Crippen LogP contribution < -0.4 is 10.1 Å². The summed E-state index contributed by atoms with van der Waals surface area (Å²) in [5, 5.41) is 2.91. The second kappa shape index (κ2) is 8.32. The average molecular weight is 403 g/mol. The SMILES string of the molecule is COc1ccc(S(=O)(=O)N2CCC[C@@H](C(=O)Nc3cccc(C)c3)C2)cc1C. The van der Waals surface area contributed by atoms with Crippen LogP contribution in [0.2, 0.25) is 0 Å². The first-order valence-electron chi connectivity index (χ1n) is 9.33. The second-order valence-corrected chi connectivity index (χ2v) is 9.13. The van der Waals surface area contributed by atoms with Crippen LogP contribution in [0.1, 0.15) is 24.0 Å². The lowest BCUT2D eigenvalue weighted by molar-refractivity contribution is -0.120. The number of sulfonamides is 1. The molecule has 150 valence electrons. The molecular formula is C21H26N2O4S. The Morgan fingerprint density at radius 2 is 1.96 bits per heavy atom. The number of benzene rings is 2. The third-order valence-electron chi connectivity index (χ3n) is 5.04. The number of rotatable bonds is 5. The zero-order valence-electron chi connectivity index (χ0n) is 16.4. The number of piperidine rings is 1. The zero-order valence-corrected chi connectivity index (χ0v) is 17.3. The average Bonchev–Trinajstić information content (AvgIpc) is 2.68. The summed E-state index contributed by atoms with van der Waals surface area (Å²) in [6.07, 6.45) is 1.32. The maximum atomic E-state index is 13.1. The van der Waals surface area contributed by atoms with Gasteiger partial charge in [-0.25, -0.2) is 8.42 Å². The van der Waals surface area contributed by atoms with Gasteiger partial charge in [-0.2, -0.15) is 4.31 Å². The molecule has 0 unspecified atom stereocenters. The van der Waals surface area contributed by atoms with Crippen LogP contribution in [-0.2, 0) is 14.8 Å². The maximum absolute atomic E-state index is 13.1. The lowest BCUT2D eigenvalue weighted by atomic mass is 9.98. The number of nitrogens with one attached hydrogen (secondary N) is 1. The summed E-state index contributed by atoms with van der Waals surface area (Å²) in [6.45, 7) is 4.38. The minimum absolute atomic E-state index is 0.142. The van der Waals surface area contributed by atoms with E-state index in [1.165, 1.54) is 4.31 Å². The van der Waals surface area contributed by atoms with Gasteiger partial charge in [0.15, 0.2) is 0 Å². The largest absolute Gasteiger partial charge is 0.496 e. The summed E-state index contributed by atoms with van der Waals surface area (Å²) in [5.74, 6) is 0.132. The van der Waals surface area contributed by atoms with Crippen molar-refractivity contribution >= 4 is 21.6 Å². The molecule has 0 aromatic heterocycles. The van der Waals surface area contributed by atoms with Crippen molar-refractivity contribution in [2.45, 2.75) is 31.6 Å². The van der Waals surface area contributed by atoms with E-state index in [0.717, 1.165) is 16.8 Å². The predicted molar refractivity (Wildman–Crippen MR) is 109 cm³/mol.